The summed E-state index contributed by atoms with van der Waals surface area (Å²) in [5, 5.41) is 15.9. The lowest BCUT2D eigenvalue weighted by molar-refractivity contribution is -0.153. The van der Waals surface area contributed by atoms with Crippen LogP contribution in [0.3, 0.4) is 0 Å². The van der Waals surface area contributed by atoms with E-state index in [1.54, 1.807) is 18.7 Å². The van der Waals surface area contributed by atoms with Crippen molar-refractivity contribution in [2.75, 3.05) is 0 Å². The molecular formula is C32H48N4O6. The molecule has 4 N–H and O–H groups in total. The highest BCUT2D eigenvalue weighted by molar-refractivity contribution is 6.08. The average Bonchev–Trinajstić information content (AvgIpc) is 3.47. The molecule has 0 aromatic carbocycles. The van der Waals surface area contributed by atoms with Gasteiger partial charge < -0.3 is 25.6 Å². The van der Waals surface area contributed by atoms with Gasteiger partial charge >= 0.3 is 5.97 Å². The van der Waals surface area contributed by atoms with Crippen LogP contribution in [0.1, 0.15) is 124 Å². The van der Waals surface area contributed by atoms with Crippen molar-refractivity contribution in [1.82, 2.24) is 20.5 Å². The van der Waals surface area contributed by atoms with E-state index < -0.39 is 41.3 Å². The highest BCUT2D eigenvalue weighted by Gasteiger charge is 2.51. The number of carboxylic acids is 1. The van der Waals surface area contributed by atoms with Crippen LogP contribution in [0.4, 0.5) is 0 Å². The van der Waals surface area contributed by atoms with Crippen LogP contribution in [-0.4, -0.2) is 68.6 Å². The second-order valence-corrected chi connectivity index (χ2v) is 13.8. The Bertz CT molecular complexity index is 1220. The van der Waals surface area contributed by atoms with E-state index in [4.69, 9.17) is 0 Å². The van der Waals surface area contributed by atoms with E-state index in [9.17, 15) is 29.1 Å². The zero-order chi connectivity index (χ0) is 30.9. The fourth-order valence-corrected chi connectivity index (χ4v) is 7.43. The lowest BCUT2D eigenvalue weighted by atomic mass is 9.81. The summed E-state index contributed by atoms with van der Waals surface area (Å²) >= 11 is 0. The van der Waals surface area contributed by atoms with Gasteiger partial charge in [-0.3, -0.25) is 19.2 Å². The number of rotatable bonds is 8. The van der Waals surface area contributed by atoms with Gasteiger partial charge in [0.15, 0.2) is 5.78 Å². The average molecular weight is 585 g/mol. The number of ketones is 1. The van der Waals surface area contributed by atoms with Crippen LogP contribution in [0.15, 0.2) is 0 Å². The number of likely N-dealkylation sites (tertiary alicyclic amines) is 1. The summed E-state index contributed by atoms with van der Waals surface area (Å²) in [6.07, 6.45) is 8.51. The molecule has 10 nitrogen and oxygen atoms in total. The minimum Gasteiger partial charge on any atom is -0.480 e. The quantitative estimate of drug-likeness (QED) is 0.335. The highest BCUT2D eigenvalue weighted by Crippen LogP contribution is 2.41. The van der Waals surface area contributed by atoms with Gasteiger partial charge in [-0.2, -0.15) is 0 Å². The molecule has 0 radical (unpaired) electrons. The molecule has 232 valence electrons. The Morgan fingerprint density at radius 2 is 1.55 bits per heavy atom. The van der Waals surface area contributed by atoms with Gasteiger partial charge in [0.2, 0.25) is 11.8 Å². The normalized spacial score (nSPS) is 24.4. The molecule has 10 heteroatoms. The molecule has 42 heavy (non-hydrogen) atoms. The maximum absolute atomic E-state index is 14.2. The van der Waals surface area contributed by atoms with Crippen molar-refractivity contribution in [2.45, 2.75) is 130 Å². The van der Waals surface area contributed by atoms with Crippen LogP contribution in [-0.2, 0) is 14.4 Å². The second-order valence-electron chi connectivity index (χ2n) is 13.8. The van der Waals surface area contributed by atoms with Crippen LogP contribution in [0.5, 0.6) is 0 Å². The first-order chi connectivity index (χ1) is 19.7. The molecule has 1 aliphatic heterocycles. The van der Waals surface area contributed by atoms with Crippen LogP contribution < -0.4 is 10.6 Å². The number of carboxylic acid groups (broad SMARTS) is 1. The third-order valence-electron chi connectivity index (χ3n) is 9.80. The molecular weight excluding hydrogens is 536 g/mol. The number of H-pyrrole nitrogens is 1. The predicted molar refractivity (Wildman–Crippen MR) is 158 cm³/mol. The summed E-state index contributed by atoms with van der Waals surface area (Å²) in [6.45, 7) is 10.6. The zero-order valence-corrected chi connectivity index (χ0v) is 26.0. The number of amides is 3. The molecule has 1 saturated heterocycles. The molecule has 3 aliphatic rings. The Morgan fingerprint density at radius 1 is 0.929 bits per heavy atom. The number of aromatic amines is 1. The number of aryl methyl sites for hydroxylation is 1. The van der Waals surface area contributed by atoms with E-state index in [1.807, 2.05) is 20.8 Å². The van der Waals surface area contributed by atoms with Gasteiger partial charge in [0.25, 0.3) is 5.91 Å². The second kappa shape index (κ2) is 12.6. The first-order valence-corrected chi connectivity index (χ1v) is 15.6. The van der Waals surface area contributed by atoms with Crippen molar-refractivity contribution in [3.05, 3.63) is 22.5 Å². The number of fused-ring (bicyclic) bond motifs is 1. The first-order valence-electron chi connectivity index (χ1n) is 15.6. The number of aliphatic carboxylic acids is 1. The van der Waals surface area contributed by atoms with Gasteiger partial charge in [0.1, 0.15) is 23.8 Å². The minimum atomic E-state index is -1.01. The maximum Gasteiger partial charge on any atom is 0.326 e. The van der Waals surface area contributed by atoms with Crippen molar-refractivity contribution in [2.24, 2.45) is 17.3 Å². The van der Waals surface area contributed by atoms with Gasteiger partial charge in [-0.15, -0.1) is 0 Å². The number of aromatic nitrogens is 1. The van der Waals surface area contributed by atoms with Crippen LogP contribution in [0, 0.1) is 31.1 Å². The zero-order valence-electron chi connectivity index (χ0n) is 26.0. The number of carbonyl (C=O) groups is 5. The molecule has 4 rings (SSSR count). The fraction of sp³-hybridized carbons (Fsp3) is 0.719. The maximum atomic E-state index is 14.2. The lowest BCUT2D eigenvalue weighted by Gasteiger charge is -2.40. The molecule has 3 amide bonds. The van der Waals surface area contributed by atoms with E-state index in [-0.39, 0.29) is 35.3 Å². The number of hydrogen-bond acceptors (Lipinski definition) is 5. The van der Waals surface area contributed by atoms with Gasteiger partial charge in [-0.25, -0.2) is 4.79 Å². The third kappa shape index (κ3) is 6.42. The van der Waals surface area contributed by atoms with Gasteiger partial charge in [0.05, 0.1) is 5.56 Å². The number of Topliss-reactive ketones (excluding diaryl/α,β-unsaturated/α-hetero) is 1. The molecule has 5 unspecified atom stereocenters. The van der Waals surface area contributed by atoms with E-state index in [2.05, 4.69) is 15.6 Å². The molecule has 1 aromatic heterocycles. The summed E-state index contributed by atoms with van der Waals surface area (Å²) in [7, 11) is 0. The summed E-state index contributed by atoms with van der Waals surface area (Å²) < 4.78 is 0. The monoisotopic (exact) mass is 584 g/mol. The van der Waals surface area contributed by atoms with Crippen molar-refractivity contribution in [1.29, 1.82) is 0 Å². The third-order valence-corrected chi connectivity index (χ3v) is 9.80. The lowest BCUT2D eigenvalue weighted by Crippen LogP contribution is -2.62. The first kappa shape index (κ1) is 31.8. The summed E-state index contributed by atoms with van der Waals surface area (Å²) in [4.78, 5) is 71.1. The van der Waals surface area contributed by atoms with Crippen molar-refractivity contribution >= 4 is 29.5 Å². The van der Waals surface area contributed by atoms with Crippen molar-refractivity contribution in [3.63, 3.8) is 0 Å². The predicted octanol–water partition coefficient (Wildman–Crippen LogP) is 4.29. The molecule has 3 fully saturated rings. The van der Waals surface area contributed by atoms with Crippen molar-refractivity contribution < 1.29 is 29.1 Å². The van der Waals surface area contributed by atoms with E-state index in [1.165, 1.54) is 6.92 Å². The van der Waals surface area contributed by atoms with Gasteiger partial charge in [-0.1, -0.05) is 52.9 Å². The Balaban J connectivity index is 1.63. The van der Waals surface area contributed by atoms with E-state index in [0.29, 0.717) is 23.2 Å². The molecule has 0 spiro atoms. The standard InChI is InChI=1S/C32H48N4O6/c1-17-18(2)33-26(24(17)19(3)37)29(39)34-25(20-12-8-7-9-13-20)28(38)35-27(32(4,5)6)30(40)36-22-15-11-10-14-21(22)16-23(36)31(41)42/h20-23,25,27,33H,7-16H2,1-6H3,(H,34,39)(H,35,38)(H,41,42). The molecule has 2 saturated carbocycles. The summed E-state index contributed by atoms with van der Waals surface area (Å²) in [5.41, 5.74) is 1.15. The Labute approximate surface area is 248 Å². The van der Waals surface area contributed by atoms with Gasteiger partial charge in [-0.05, 0) is 75.7 Å². The van der Waals surface area contributed by atoms with E-state index in [0.717, 1.165) is 57.8 Å². The number of carbonyl (C=O) groups excluding carboxylic acids is 4. The van der Waals surface area contributed by atoms with E-state index >= 15 is 0 Å². The highest BCUT2D eigenvalue weighted by atomic mass is 16.4. The molecule has 5 atom stereocenters. The summed E-state index contributed by atoms with van der Waals surface area (Å²) in [5.74, 6) is -2.59. The molecule has 0 bridgehead atoms. The number of hydrogen-bond donors (Lipinski definition) is 4. The summed E-state index contributed by atoms with van der Waals surface area (Å²) in [6, 6.07) is -2.94. The fourth-order valence-electron chi connectivity index (χ4n) is 7.43. The van der Waals surface area contributed by atoms with Crippen LogP contribution in [0.25, 0.3) is 0 Å². The Morgan fingerprint density at radius 3 is 2.14 bits per heavy atom. The Kier molecular flexibility index (Phi) is 9.52. The van der Waals surface area contributed by atoms with Crippen molar-refractivity contribution in [3.8, 4) is 0 Å². The number of nitrogens with zero attached hydrogens (tertiary/aromatic N) is 1. The molecule has 1 aromatic rings. The smallest absolute Gasteiger partial charge is 0.326 e. The van der Waals surface area contributed by atoms with Crippen LogP contribution >= 0.6 is 0 Å². The Hall–Kier alpha value is -3.17. The molecule has 2 heterocycles. The minimum absolute atomic E-state index is 0.127. The van der Waals surface area contributed by atoms with Crippen LogP contribution in [0.2, 0.25) is 0 Å². The topological polar surface area (TPSA) is 149 Å². The van der Waals surface area contributed by atoms with Gasteiger partial charge in [0, 0.05) is 11.7 Å². The number of nitrogens with one attached hydrogen (secondary N) is 3. The largest absolute Gasteiger partial charge is 0.480 e. The molecule has 2 aliphatic carbocycles. The SMILES string of the molecule is CC(=O)c1c(C(=O)NC(C(=O)NC(C(=O)N2C(C(=O)O)CC3CCCCC32)C(C)(C)C)C2CCCCC2)[nH]c(C)c1C.